The molecule has 0 amide bonds. The average molecular weight is 335 g/mol. The Balaban J connectivity index is 2.16. The number of nitrogens with one attached hydrogen (secondary N) is 1. The number of nitrogens with zero attached hydrogens (tertiary/aromatic N) is 5. The van der Waals surface area contributed by atoms with Crippen LogP contribution in [0.5, 0.6) is 0 Å². The molecule has 7 heteroatoms. The van der Waals surface area contributed by atoms with Crippen LogP contribution in [-0.4, -0.2) is 30.9 Å². The molecule has 1 unspecified atom stereocenters. The van der Waals surface area contributed by atoms with Gasteiger partial charge < -0.3 is 5.32 Å². The third-order valence-corrected chi connectivity index (χ3v) is 3.90. The van der Waals surface area contributed by atoms with Crippen molar-refractivity contribution in [1.82, 2.24) is 29.7 Å². The molecule has 0 aliphatic heterocycles. The SMILES string of the molecule is CCNC(c1cnn2ccncc12)c1c(Br)cnn1C. The van der Waals surface area contributed by atoms with Gasteiger partial charge in [0.2, 0.25) is 0 Å². The van der Waals surface area contributed by atoms with E-state index in [-0.39, 0.29) is 6.04 Å². The van der Waals surface area contributed by atoms with Crippen LogP contribution in [0.25, 0.3) is 5.52 Å². The van der Waals surface area contributed by atoms with Gasteiger partial charge in [0, 0.05) is 25.0 Å². The van der Waals surface area contributed by atoms with E-state index in [1.165, 1.54) is 0 Å². The van der Waals surface area contributed by atoms with Crippen molar-refractivity contribution in [2.75, 3.05) is 6.54 Å². The number of aromatic nitrogens is 5. The fraction of sp³-hybridized carbons (Fsp3) is 0.308. The Kier molecular flexibility index (Phi) is 3.54. The van der Waals surface area contributed by atoms with Crippen molar-refractivity contribution in [3.8, 4) is 0 Å². The second-order valence-electron chi connectivity index (χ2n) is 4.50. The summed E-state index contributed by atoms with van der Waals surface area (Å²) >= 11 is 3.57. The molecule has 1 atom stereocenters. The van der Waals surface area contributed by atoms with E-state index in [0.29, 0.717) is 0 Å². The van der Waals surface area contributed by atoms with E-state index in [0.717, 1.165) is 27.8 Å². The number of halogens is 1. The number of aryl methyl sites for hydroxylation is 1. The zero-order valence-electron chi connectivity index (χ0n) is 11.3. The smallest absolute Gasteiger partial charge is 0.0896 e. The van der Waals surface area contributed by atoms with Gasteiger partial charge in [0.15, 0.2) is 0 Å². The zero-order valence-corrected chi connectivity index (χ0v) is 12.9. The molecule has 0 fully saturated rings. The van der Waals surface area contributed by atoms with Crippen LogP contribution < -0.4 is 5.32 Å². The molecule has 1 N–H and O–H groups in total. The fourth-order valence-corrected chi connectivity index (χ4v) is 2.96. The molecule has 3 aromatic heterocycles. The van der Waals surface area contributed by atoms with Gasteiger partial charge in [-0.25, -0.2) is 4.52 Å². The topological polar surface area (TPSA) is 60.0 Å². The van der Waals surface area contributed by atoms with Gasteiger partial charge >= 0.3 is 0 Å². The predicted molar refractivity (Wildman–Crippen MR) is 79.4 cm³/mol. The summed E-state index contributed by atoms with van der Waals surface area (Å²) in [5.74, 6) is 0. The summed E-state index contributed by atoms with van der Waals surface area (Å²) in [4.78, 5) is 4.19. The highest BCUT2D eigenvalue weighted by Gasteiger charge is 2.23. The largest absolute Gasteiger partial charge is 0.305 e. The molecule has 0 spiro atoms. The van der Waals surface area contributed by atoms with Gasteiger partial charge in [-0.3, -0.25) is 9.67 Å². The van der Waals surface area contributed by atoms with Crippen LogP contribution in [0, 0.1) is 0 Å². The van der Waals surface area contributed by atoms with E-state index in [9.17, 15) is 0 Å². The Morgan fingerprint density at radius 1 is 1.30 bits per heavy atom. The Labute approximate surface area is 124 Å². The molecule has 0 aromatic carbocycles. The molecule has 0 saturated heterocycles. The molecular weight excluding hydrogens is 320 g/mol. The van der Waals surface area contributed by atoms with Crippen LogP contribution in [-0.2, 0) is 7.05 Å². The Morgan fingerprint density at radius 3 is 2.85 bits per heavy atom. The predicted octanol–water partition coefficient (Wildman–Crippen LogP) is 1.92. The molecule has 104 valence electrons. The zero-order chi connectivity index (χ0) is 14.1. The van der Waals surface area contributed by atoms with Crippen molar-refractivity contribution in [3.05, 3.63) is 46.7 Å². The minimum absolute atomic E-state index is 0.0172. The molecule has 3 aromatic rings. The summed E-state index contributed by atoms with van der Waals surface area (Å²) in [6.45, 7) is 2.93. The quantitative estimate of drug-likeness (QED) is 0.791. The lowest BCUT2D eigenvalue weighted by Gasteiger charge is -2.18. The van der Waals surface area contributed by atoms with Gasteiger partial charge in [-0.2, -0.15) is 10.2 Å². The molecule has 3 rings (SSSR count). The first kappa shape index (κ1) is 13.3. The van der Waals surface area contributed by atoms with Crippen molar-refractivity contribution in [2.24, 2.45) is 7.05 Å². The van der Waals surface area contributed by atoms with Crippen molar-refractivity contribution < 1.29 is 0 Å². The van der Waals surface area contributed by atoms with Crippen molar-refractivity contribution in [3.63, 3.8) is 0 Å². The maximum absolute atomic E-state index is 4.38. The van der Waals surface area contributed by atoms with Crippen LogP contribution in [0.2, 0.25) is 0 Å². The molecule has 20 heavy (non-hydrogen) atoms. The van der Waals surface area contributed by atoms with Crippen molar-refractivity contribution in [2.45, 2.75) is 13.0 Å². The van der Waals surface area contributed by atoms with Crippen molar-refractivity contribution >= 4 is 21.4 Å². The minimum atomic E-state index is 0.0172. The molecule has 0 bridgehead atoms. The summed E-state index contributed by atoms with van der Waals surface area (Å²) < 4.78 is 4.68. The molecule has 0 aliphatic rings. The normalized spacial score (nSPS) is 12.9. The molecular formula is C13H15BrN6. The van der Waals surface area contributed by atoms with Gasteiger partial charge in [-0.05, 0) is 22.5 Å². The lowest BCUT2D eigenvalue weighted by molar-refractivity contribution is 0.573. The number of rotatable bonds is 4. The maximum atomic E-state index is 4.38. The first-order chi connectivity index (χ1) is 9.72. The van der Waals surface area contributed by atoms with Crippen LogP contribution in [0.4, 0.5) is 0 Å². The lowest BCUT2D eigenvalue weighted by atomic mass is 10.1. The van der Waals surface area contributed by atoms with Crippen LogP contribution >= 0.6 is 15.9 Å². The Hall–Kier alpha value is -1.73. The van der Waals surface area contributed by atoms with E-state index in [1.807, 2.05) is 41.0 Å². The first-order valence-corrected chi connectivity index (χ1v) is 7.19. The summed E-state index contributed by atoms with van der Waals surface area (Å²) in [6.07, 6.45) is 9.09. The molecule has 6 nitrogen and oxygen atoms in total. The fourth-order valence-electron chi connectivity index (χ4n) is 2.38. The Bertz CT molecular complexity index is 712. The minimum Gasteiger partial charge on any atom is -0.305 e. The van der Waals surface area contributed by atoms with E-state index in [2.05, 4.69) is 43.4 Å². The summed E-state index contributed by atoms with van der Waals surface area (Å²) in [5.41, 5.74) is 3.15. The molecule has 0 radical (unpaired) electrons. The van der Waals surface area contributed by atoms with E-state index >= 15 is 0 Å². The standard InChI is InChI=1S/C13H15BrN6/c1-3-16-12(13-10(14)7-17-19(13)2)9-6-18-20-5-4-15-8-11(9)20/h4-8,12,16H,3H2,1-2H3. The lowest BCUT2D eigenvalue weighted by Crippen LogP contribution is -2.24. The molecule has 0 saturated carbocycles. The van der Waals surface area contributed by atoms with Gasteiger partial charge in [-0.15, -0.1) is 0 Å². The van der Waals surface area contributed by atoms with Crippen LogP contribution in [0.1, 0.15) is 24.2 Å². The Morgan fingerprint density at radius 2 is 2.15 bits per heavy atom. The number of fused-ring (bicyclic) bond motifs is 1. The van der Waals surface area contributed by atoms with Gasteiger partial charge in [0.05, 0.1) is 40.3 Å². The van der Waals surface area contributed by atoms with E-state index < -0.39 is 0 Å². The first-order valence-electron chi connectivity index (χ1n) is 6.40. The number of hydrogen-bond donors (Lipinski definition) is 1. The highest BCUT2D eigenvalue weighted by atomic mass is 79.9. The van der Waals surface area contributed by atoms with E-state index in [4.69, 9.17) is 0 Å². The third-order valence-electron chi connectivity index (χ3n) is 3.28. The highest BCUT2D eigenvalue weighted by Crippen LogP contribution is 2.30. The summed E-state index contributed by atoms with van der Waals surface area (Å²) in [6, 6.07) is 0.0172. The highest BCUT2D eigenvalue weighted by molar-refractivity contribution is 9.10. The average Bonchev–Trinajstić information content (AvgIpc) is 3.01. The second-order valence-corrected chi connectivity index (χ2v) is 5.35. The van der Waals surface area contributed by atoms with E-state index in [1.54, 1.807) is 6.20 Å². The van der Waals surface area contributed by atoms with Gasteiger partial charge in [0.1, 0.15) is 0 Å². The van der Waals surface area contributed by atoms with Gasteiger partial charge in [0.25, 0.3) is 0 Å². The number of hydrogen-bond acceptors (Lipinski definition) is 4. The van der Waals surface area contributed by atoms with Gasteiger partial charge in [-0.1, -0.05) is 6.92 Å². The maximum Gasteiger partial charge on any atom is 0.0896 e. The second kappa shape index (κ2) is 5.34. The summed E-state index contributed by atoms with van der Waals surface area (Å²) in [5, 5.41) is 12.2. The molecule has 3 heterocycles. The van der Waals surface area contributed by atoms with Crippen molar-refractivity contribution in [1.29, 1.82) is 0 Å². The summed E-state index contributed by atoms with van der Waals surface area (Å²) in [7, 11) is 1.94. The molecule has 0 aliphatic carbocycles. The monoisotopic (exact) mass is 334 g/mol. The third kappa shape index (κ3) is 2.12. The van der Waals surface area contributed by atoms with Crippen LogP contribution in [0.3, 0.4) is 0 Å². The van der Waals surface area contributed by atoms with Crippen LogP contribution in [0.15, 0.2) is 35.5 Å².